The first-order valence-electron chi connectivity index (χ1n) is 8.08. The predicted octanol–water partition coefficient (Wildman–Crippen LogP) is 4.67. The van der Waals surface area contributed by atoms with Crippen LogP contribution in [0.3, 0.4) is 0 Å². The van der Waals surface area contributed by atoms with Crippen molar-refractivity contribution in [2.45, 2.75) is 19.8 Å². The van der Waals surface area contributed by atoms with E-state index in [1.807, 2.05) is 30.3 Å². The van der Waals surface area contributed by atoms with Gasteiger partial charge < -0.3 is 19.6 Å². The Kier molecular flexibility index (Phi) is 4.40. The number of para-hydroxylation sites is 2. The molecule has 5 nitrogen and oxygen atoms in total. The largest absolute Gasteiger partial charge is 0.493 e. The normalized spacial score (nSPS) is 11.1. The monoisotopic (exact) mass is 339 g/mol. The third-order valence-corrected chi connectivity index (χ3v) is 4.37. The molecule has 3 aromatic rings. The summed E-state index contributed by atoms with van der Waals surface area (Å²) in [6.45, 7) is 4.17. The van der Waals surface area contributed by atoms with E-state index in [1.54, 1.807) is 20.3 Å². The molecular formula is C20H21NO4. The summed E-state index contributed by atoms with van der Waals surface area (Å²) in [6.07, 6.45) is 0. The zero-order valence-corrected chi connectivity index (χ0v) is 14.7. The van der Waals surface area contributed by atoms with Gasteiger partial charge >= 0.3 is 5.97 Å². The number of H-pyrrole nitrogens is 1. The number of aromatic amines is 1. The number of nitrogens with one attached hydrogen (secondary N) is 1. The summed E-state index contributed by atoms with van der Waals surface area (Å²) >= 11 is 0. The quantitative estimate of drug-likeness (QED) is 0.708. The molecule has 0 unspecified atom stereocenters. The molecule has 0 atom stereocenters. The van der Waals surface area contributed by atoms with Crippen LogP contribution in [0.1, 0.15) is 35.8 Å². The SMILES string of the molecule is COc1cccc(-c2c(C(=O)O)[nH]c3c(C(C)C)cccc23)c1OC. The standard InChI is InChI=1S/C20H21NO4/c1-11(2)12-7-5-8-13-16(18(20(22)23)21-17(12)13)14-9-6-10-15(24-3)19(14)25-4/h5-11,21H,1-4H3,(H,22,23). The van der Waals surface area contributed by atoms with Gasteiger partial charge in [-0.1, -0.05) is 44.2 Å². The number of carbonyl (C=O) groups is 1. The van der Waals surface area contributed by atoms with Crippen LogP contribution in [0.2, 0.25) is 0 Å². The molecule has 0 spiro atoms. The van der Waals surface area contributed by atoms with Gasteiger partial charge in [-0.15, -0.1) is 0 Å². The number of fused-ring (bicyclic) bond motifs is 1. The summed E-state index contributed by atoms with van der Waals surface area (Å²) in [5.74, 6) is 0.337. The summed E-state index contributed by atoms with van der Waals surface area (Å²) in [5, 5.41) is 10.6. The van der Waals surface area contributed by atoms with E-state index in [4.69, 9.17) is 9.47 Å². The van der Waals surface area contributed by atoms with Gasteiger partial charge in [-0.25, -0.2) is 4.79 Å². The highest BCUT2D eigenvalue weighted by atomic mass is 16.5. The number of hydrogen-bond donors (Lipinski definition) is 2. The molecule has 130 valence electrons. The van der Waals surface area contributed by atoms with Crippen LogP contribution in [0.15, 0.2) is 36.4 Å². The molecule has 1 aromatic heterocycles. The fourth-order valence-corrected chi connectivity index (χ4v) is 3.25. The van der Waals surface area contributed by atoms with Crippen molar-refractivity contribution in [3.05, 3.63) is 47.7 Å². The Morgan fingerprint density at radius 1 is 1.08 bits per heavy atom. The van der Waals surface area contributed by atoms with Crippen molar-refractivity contribution >= 4 is 16.9 Å². The second-order valence-electron chi connectivity index (χ2n) is 6.15. The molecule has 0 fully saturated rings. The Morgan fingerprint density at radius 3 is 2.40 bits per heavy atom. The number of carboxylic acids is 1. The van der Waals surface area contributed by atoms with Gasteiger partial charge in [-0.05, 0) is 17.5 Å². The van der Waals surface area contributed by atoms with Crippen LogP contribution < -0.4 is 9.47 Å². The number of hydrogen-bond acceptors (Lipinski definition) is 3. The second-order valence-corrected chi connectivity index (χ2v) is 6.15. The maximum atomic E-state index is 11.9. The molecule has 3 rings (SSSR count). The van der Waals surface area contributed by atoms with Crippen molar-refractivity contribution in [1.29, 1.82) is 0 Å². The lowest BCUT2D eigenvalue weighted by Crippen LogP contribution is -2.00. The number of ether oxygens (including phenoxy) is 2. The predicted molar refractivity (Wildman–Crippen MR) is 97.9 cm³/mol. The van der Waals surface area contributed by atoms with Gasteiger partial charge in [0.25, 0.3) is 0 Å². The number of aromatic nitrogens is 1. The maximum absolute atomic E-state index is 11.9. The van der Waals surface area contributed by atoms with Crippen molar-refractivity contribution < 1.29 is 19.4 Å². The zero-order valence-electron chi connectivity index (χ0n) is 14.7. The van der Waals surface area contributed by atoms with E-state index in [9.17, 15) is 9.90 Å². The fourth-order valence-electron chi connectivity index (χ4n) is 3.25. The highest BCUT2D eigenvalue weighted by Crippen LogP contribution is 2.43. The molecule has 0 radical (unpaired) electrons. The Hall–Kier alpha value is -2.95. The summed E-state index contributed by atoms with van der Waals surface area (Å²) in [6, 6.07) is 11.4. The fraction of sp³-hybridized carbons (Fsp3) is 0.250. The summed E-state index contributed by atoms with van der Waals surface area (Å²) in [4.78, 5) is 15.0. The van der Waals surface area contributed by atoms with Crippen LogP contribution in [0.4, 0.5) is 0 Å². The van der Waals surface area contributed by atoms with Gasteiger partial charge in [0.05, 0.1) is 19.7 Å². The third kappa shape index (κ3) is 2.71. The molecule has 0 bridgehead atoms. The van der Waals surface area contributed by atoms with Gasteiger partial charge in [0.2, 0.25) is 0 Å². The number of benzene rings is 2. The Morgan fingerprint density at radius 2 is 1.80 bits per heavy atom. The minimum Gasteiger partial charge on any atom is -0.493 e. The molecule has 1 heterocycles. The van der Waals surface area contributed by atoms with E-state index >= 15 is 0 Å². The van der Waals surface area contributed by atoms with Gasteiger partial charge in [0, 0.05) is 16.5 Å². The van der Waals surface area contributed by atoms with Gasteiger partial charge in [0.1, 0.15) is 5.69 Å². The summed E-state index contributed by atoms with van der Waals surface area (Å²) in [5.41, 5.74) is 3.37. The third-order valence-electron chi connectivity index (χ3n) is 4.37. The summed E-state index contributed by atoms with van der Waals surface area (Å²) in [7, 11) is 3.11. The van der Waals surface area contributed by atoms with Gasteiger partial charge in [0.15, 0.2) is 11.5 Å². The topological polar surface area (TPSA) is 71.5 Å². The molecule has 5 heteroatoms. The van der Waals surface area contributed by atoms with Gasteiger partial charge in [-0.3, -0.25) is 0 Å². The number of methoxy groups -OCH3 is 2. The molecule has 2 N–H and O–H groups in total. The number of carboxylic acid groups (broad SMARTS) is 1. The molecule has 25 heavy (non-hydrogen) atoms. The number of aromatic carboxylic acids is 1. The Labute approximate surface area is 146 Å². The lowest BCUT2D eigenvalue weighted by Gasteiger charge is -2.13. The minimum atomic E-state index is -1.01. The first-order valence-corrected chi connectivity index (χ1v) is 8.08. The second kappa shape index (κ2) is 6.51. The average Bonchev–Trinajstić information content (AvgIpc) is 3.00. The van der Waals surface area contributed by atoms with Crippen LogP contribution in [0.5, 0.6) is 11.5 Å². The first-order chi connectivity index (χ1) is 12.0. The Bertz CT molecular complexity index is 940. The molecule has 0 aliphatic rings. The van der Waals surface area contributed by atoms with E-state index in [2.05, 4.69) is 18.8 Å². The van der Waals surface area contributed by atoms with Crippen molar-refractivity contribution in [3.8, 4) is 22.6 Å². The van der Waals surface area contributed by atoms with E-state index in [-0.39, 0.29) is 11.6 Å². The molecule has 0 amide bonds. The van der Waals surface area contributed by atoms with Gasteiger partial charge in [-0.2, -0.15) is 0 Å². The van der Waals surface area contributed by atoms with Crippen molar-refractivity contribution in [3.63, 3.8) is 0 Å². The van der Waals surface area contributed by atoms with Crippen molar-refractivity contribution in [2.24, 2.45) is 0 Å². The highest BCUT2D eigenvalue weighted by Gasteiger charge is 2.24. The average molecular weight is 339 g/mol. The van der Waals surface area contributed by atoms with E-state index in [0.29, 0.717) is 22.6 Å². The van der Waals surface area contributed by atoms with E-state index in [0.717, 1.165) is 16.5 Å². The molecular weight excluding hydrogens is 318 g/mol. The lowest BCUT2D eigenvalue weighted by molar-refractivity contribution is 0.0692. The first kappa shape index (κ1) is 16.9. The zero-order chi connectivity index (χ0) is 18.1. The molecule has 0 saturated carbocycles. The van der Waals surface area contributed by atoms with Crippen molar-refractivity contribution in [1.82, 2.24) is 4.98 Å². The lowest BCUT2D eigenvalue weighted by atomic mass is 9.96. The minimum absolute atomic E-state index is 0.148. The maximum Gasteiger partial charge on any atom is 0.352 e. The molecule has 2 aromatic carbocycles. The summed E-state index contributed by atoms with van der Waals surface area (Å²) < 4.78 is 10.9. The number of rotatable bonds is 5. The highest BCUT2D eigenvalue weighted by molar-refractivity contribution is 6.09. The van der Waals surface area contributed by atoms with E-state index < -0.39 is 5.97 Å². The van der Waals surface area contributed by atoms with E-state index in [1.165, 1.54) is 0 Å². The molecule has 0 saturated heterocycles. The van der Waals surface area contributed by atoms with Crippen LogP contribution in [0, 0.1) is 0 Å². The molecule has 0 aliphatic heterocycles. The van der Waals surface area contributed by atoms with Crippen LogP contribution in [0.25, 0.3) is 22.0 Å². The van der Waals surface area contributed by atoms with Crippen LogP contribution in [-0.2, 0) is 0 Å². The van der Waals surface area contributed by atoms with Crippen LogP contribution >= 0.6 is 0 Å². The smallest absolute Gasteiger partial charge is 0.352 e. The van der Waals surface area contributed by atoms with Crippen molar-refractivity contribution in [2.75, 3.05) is 14.2 Å². The molecule has 0 aliphatic carbocycles. The van der Waals surface area contributed by atoms with Crippen LogP contribution in [-0.4, -0.2) is 30.3 Å². The Balaban J connectivity index is 2.42.